The Balaban J connectivity index is 1.60. The molecule has 1 aliphatic heterocycles. The Labute approximate surface area is 209 Å². The topological polar surface area (TPSA) is 68.3 Å². The van der Waals surface area contributed by atoms with Gasteiger partial charge in [-0.05, 0) is 49.9 Å². The Morgan fingerprint density at radius 2 is 1.66 bits per heavy atom. The van der Waals surface area contributed by atoms with Gasteiger partial charge in [0.15, 0.2) is 0 Å². The molecule has 0 unspecified atom stereocenters. The van der Waals surface area contributed by atoms with Gasteiger partial charge in [-0.25, -0.2) is 9.59 Å². The third-order valence-electron chi connectivity index (χ3n) is 5.84. The lowest BCUT2D eigenvalue weighted by molar-refractivity contribution is -0.00614. The SMILES string of the molecule is CC(C)c1ccc(OCC[C@@H]2CN(C(=O)OCc3ccccc3)CCN2C(=O)OC(C)(C)C)cc1. The second-order valence-electron chi connectivity index (χ2n) is 10.2. The van der Waals surface area contributed by atoms with Gasteiger partial charge in [0.25, 0.3) is 0 Å². The zero-order valence-electron chi connectivity index (χ0n) is 21.5. The van der Waals surface area contributed by atoms with Gasteiger partial charge < -0.3 is 24.0 Å². The maximum absolute atomic E-state index is 12.9. The highest BCUT2D eigenvalue weighted by molar-refractivity contribution is 5.71. The number of rotatable bonds is 7. The highest BCUT2D eigenvalue weighted by atomic mass is 16.6. The van der Waals surface area contributed by atoms with Crippen molar-refractivity contribution in [2.24, 2.45) is 0 Å². The molecular formula is C28H38N2O5. The standard InChI is InChI=1S/C28H38N2O5/c1-21(2)23-11-13-25(14-12-23)33-18-15-24-19-29(16-17-30(24)27(32)35-28(3,4)5)26(31)34-20-22-9-7-6-8-10-22/h6-14,21,24H,15-20H2,1-5H3/t24-/m1/s1. The fraction of sp³-hybridized carbons (Fsp3) is 0.500. The van der Waals surface area contributed by atoms with Crippen molar-refractivity contribution in [3.8, 4) is 5.75 Å². The first-order valence-electron chi connectivity index (χ1n) is 12.3. The second kappa shape index (κ2) is 12.0. The summed E-state index contributed by atoms with van der Waals surface area (Å²) in [6.07, 6.45) is -0.192. The van der Waals surface area contributed by atoms with E-state index in [1.807, 2.05) is 63.2 Å². The van der Waals surface area contributed by atoms with Crippen LogP contribution in [0.3, 0.4) is 0 Å². The summed E-state index contributed by atoms with van der Waals surface area (Å²) >= 11 is 0. The average molecular weight is 483 g/mol. The third-order valence-corrected chi connectivity index (χ3v) is 5.84. The Morgan fingerprint density at radius 1 is 0.971 bits per heavy atom. The van der Waals surface area contributed by atoms with Crippen molar-refractivity contribution in [3.63, 3.8) is 0 Å². The fourth-order valence-electron chi connectivity index (χ4n) is 3.90. The highest BCUT2D eigenvalue weighted by Crippen LogP contribution is 2.21. The molecule has 35 heavy (non-hydrogen) atoms. The lowest BCUT2D eigenvalue weighted by Gasteiger charge is -2.41. The normalized spacial score (nSPS) is 16.2. The van der Waals surface area contributed by atoms with Crippen molar-refractivity contribution in [2.45, 2.75) is 65.2 Å². The molecule has 0 saturated carbocycles. The predicted octanol–water partition coefficient (Wildman–Crippen LogP) is 5.84. The Morgan fingerprint density at radius 3 is 2.29 bits per heavy atom. The number of benzene rings is 2. The maximum Gasteiger partial charge on any atom is 0.410 e. The van der Waals surface area contributed by atoms with Crippen LogP contribution in [0, 0.1) is 0 Å². The minimum absolute atomic E-state index is 0.214. The number of hydrogen-bond donors (Lipinski definition) is 0. The van der Waals surface area contributed by atoms with Crippen molar-refractivity contribution < 1.29 is 23.8 Å². The molecule has 7 heteroatoms. The summed E-state index contributed by atoms with van der Waals surface area (Å²) in [6.45, 7) is 11.6. The maximum atomic E-state index is 12.9. The van der Waals surface area contributed by atoms with Crippen molar-refractivity contribution in [3.05, 3.63) is 65.7 Å². The highest BCUT2D eigenvalue weighted by Gasteiger charge is 2.35. The first-order valence-corrected chi connectivity index (χ1v) is 12.3. The first kappa shape index (κ1) is 26.4. The van der Waals surface area contributed by atoms with Gasteiger partial charge in [-0.2, -0.15) is 0 Å². The van der Waals surface area contributed by atoms with Crippen LogP contribution in [0.2, 0.25) is 0 Å². The average Bonchev–Trinajstić information content (AvgIpc) is 2.82. The van der Waals surface area contributed by atoms with Crippen molar-refractivity contribution in [1.82, 2.24) is 9.80 Å². The molecular weight excluding hydrogens is 444 g/mol. The van der Waals surface area contributed by atoms with Crippen LogP contribution in [0.4, 0.5) is 9.59 Å². The number of amides is 2. The number of carbonyl (C=O) groups is 2. The van der Waals surface area contributed by atoms with E-state index in [9.17, 15) is 9.59 Å². The van der Waals surface area contributed by atoms with Crippen molar-refractivity contribution >= 4 is 12.2 Å². The first-order chi connectivity index (χ1) is 16.6. The molecule has 0 N–H and O–H groups in total. The summed E-state index contributed by atoms with van der Waals surface area (Å²) in [5, 5.41) is 0. The van der Waals surface area contributed by atoms with Gasteiger partial charge in [-0.1, -0.05) is 56.3 Å². The molecule has 0 spiro atoms. The number of nitrogens with zero attached hydrogens (tertiary/aromatic N) is 2. The van der Waals surface area contributed by atoms with Gasteiger partial charge in [-0.3, -0.25) is 0 Å². The predicted molar refractivity (Wildman–Crippen MR) is 136 cm³/mol. The number of hydrogen-bond acceptors (Lipinski definition) is 5. The van der Waals surface area contributed by atoms with E-state index in [2.05, 4.69) is 26.0 Å². The zero-order valence-corrected chi connectivity index (χ0v) is 21.5. The monoisotopic (exact) mass is 482 g/mol. The smallest absolute Gasteiger partial charge is 0.410 e. The van der Waals surface area contributed by atoms with Crippen LogP contribution in [0.25, 0.3) is 0 Å². The van der Waals surface area contributed by atoms with Crippen LogP contribution in [-0.4, -0.2) is 59.9 Å². The molecule has 1 saturated heterocycles. The molecule has 2 aromatic rings. The molecule has 1 atom stereocenters. The molecule has 0 bridgehead atoms. The minimum Gasteiger partial charge on any atom is -0.494 e. The van der Waals surface area contributed by atoms with Crippen LogP contribution in [0.15, 0.2) is 54.6 Å². The molecule has 190 valence electrons. The molecule has 0 aromatic heterocycles. The van der Waals surface area contributed by atoms with Crippen LogP contribution in [-0.2, 0) is 16.1 Å². The number of ether oxygens (including phenoxy) is 3. The minimum atomic E-state index is -0.595. The summed E-state index contributed by atoms with van der Waals surface area (Å²) < 4.78 is 17.1. The summed E-state index contributed by atoms with van der Waals surface area (Å²) in [4.78, 5) is 29.0. The van der Waals surface area contributed by atoms with Crippen LogP contribution >= 0.6 is 0 Å². The van der Waals surface area contributed by atoms with Gasteiger partial charge in [0, 0.05) is 26.1 Å². The zero-order chi connectivity index (χ0) is 25.4. The molecule has 2 amide bonds. The Hall–Kier alpha value is -3.22. The van der Waals surface area contributed by atoms with E-state index in [0.29, 0.717) is 38.6 Å². The van der Waals surface area contributed by atoms with E-state index in [1.165, 1.54) is 5.56 Å². The summed E-state index contributed by atoms with van der Waals surface area (Å²) in [5.74, 6) is 1.24. The molecule has 1 fully saturated rings. The van der Waals surface area contributed by atoms with Gasteiger partial charge in [-0.15, -0.1) is 0 Å². The van der Waals surface area contributed by atoms with E-state index in [4.69, 9.17) is 14.2 Å². The third kappa shape index (κ3) is 8.19. The van der Waals surface area contributed by atoms with Gasteiger partial charge in [0.2, 0.25) is 0 Å². The fourth-order valence-corrected chi connectivity index (χ4v) is 3.90. The van der Waals surface area contributed by atoms with Gasteiger partial charge in [0.05, 0.1) is 12.6 Å². The van der Waals surface area contributed by atoms with E-state index >= 15 is 0 Å². The molecule has 0 radical (unpaired) electrons. The molecule has 0 aliphatic carbocycles. The largest absolute Gasteiger partial charge is 0.494 e. The molecule has 1 aliphatic rings. The number of piperazine rings is 1. The van der Waals surface area contributed by atoms with Crippen LogP contribution in [0.5, 0.6) is 5.75 Å². The van der Waals surface area contributed by atoms with Crippen molar-refractivity contribution in [1.29, 1.82) is 0 Å². The lowest BCUT2D eigenvalue weighted by Crippen LogP contribution is -2.57. The summed E-state index contributed by atoms with van der Waals surface area (Å²) in [5.41, 5.74) is 1.59. The van der Waals surface area contributed by atoms with Gasteiger partial charge >= 0.3 is 12.2 Å². The molecule has 1 heterocycles. The molecule has 2 aromatic carbocycles. The molecule has 3 rings (SSSR count). The van der Waals surface area contributed by atoms with E-state index in [-0.39, 0.29) is 24.8 Å². The Kier molecular flexibility index (Phi) is 9.01. The quantitative estimate of drug-likeness (QED) is 0.496. The number of carbonyl (C=O) groups excluding carboxylic acids is 2. The van der Waals surface area contributed by atoms with Crippen molar-refractivity contribution in [2.75, 3.05) is 26.2 Å². The van der Waals surface area contributed by atoms with E-state index in [1.54, 1.807) is 9.80 Å². The van der Waals surface area contributed by atoms with Crippen LogP contribution in [0.1, 0.15) is 58.1 Å². The second-order valence-corrected chi connectivity index (χ2v) is 10.2. The molecule has 7 nitrogen and oxygen atoms in total. The van der Waals surface area contributed by atoms with E-state index in [0.717, 1.165) is 11.3 Å². The summed E-state index contributed by atoms with van der Waals surface area (Å²) in [7, 11) is 0. The lowest BCUT2D eigenvalue weighted by atomic mass is 10.0. The van der Waals surface area contributed by atoms with E-state index < -0.39 is 5.60 Å². The Bertz CT molecular complexity index is 954. The van der Waals surface area contributed by atoms with Gasteiger partial charge in [0.1, 0.15) is 18.0 Å². The van der Waals surface area contributed by atoms with Crippen LogP contribution < -0.4 is 4.74 Å². The summed E-state index contributed by atoms with van der Waals surface area (Å²) in [6, 6.07) is 17.4.